The molecule has 1 spiro atoms. The molecule has 33 heavy (non-hydrogen) atoms. The maximum absolute atomic E-state index is 13.3. The lowest BCUT2D eigenvalue weighted by molar-refractivity contribution is -0.171. The number of epoxide rings is 1. The predicted molar refractivity (Wildman–Crippen MR) is 123 cm³/mol. The molecule has 0 amide bonds. The van der Waals surface area contributed by atoms with Gasteiger partial charge in [-0.15, -0.1) is 0 Å². The summed E-state index contributed by atoms with van der Waals surface area (Å²) in [6, 6.07) is 0. The number of hydrogen-bond acceptors (Lipinski definition) is 5. The minimum atomic E-state index is -0.692. The molecule has 0 aromatic rings. The number of aliphatic hydroxyl groups excluding tert-OH is 1. The zero-order chi connectivity index (χ0) is 23.5. The van der Waals surface area contributed by atoms with Crippen molar-refractivity contribution in [3.63, 3.8) is 0 Å². The quantitative estimate of drug-likeness (QED) is 0.495. The summed E-state index contributed by atoms with van der Waals surface area (Å²) < 4.78 is 12.2. The lowest BCUT2D eigenvalue weighted by Gasteiger charge is -2.58. The third-order valence-electron chi connectivity index (χ3n) is 12.0. The van der Waals surface area contributed by atoms with Crippen molar-refractivity contribution in [3.8, 4) is 0 Å². The van der Waals surface area contributed by atoms with Crippen LogP contribution in [-0.4, -0.2) is 40.8 Å². The van der Waals surface area contributed by atoms with Gasteiger partial charge < -0.3 is 14.6 Å². The summed E-state index contributed by atoms with van der Waals surface area (Å²) in [6.07, 6.45) is 9.00. The molecule has 1 unspecified atom stereocenters. The molecule has 0 bridgehead atoms. The number of hydrogen-bond donors (Lipinski definition) is 1. The average Bonchev–Trinajstić information content (AvgIpc) is 3.41. The summed E-state index contributed by atoms with van der Waals surface area (Å²) in [5.41, 5.74) is -1.11. The lowest BCUT2D eigenvalue weighted by Crippen LogP contribution is -2.63. The summed E-state index contributed by atoms with van der Waals surface area (Å²) in [6.45, 7) is 11.1. The van der Waals surface area contributed by atoms with Crippen molar-refractivity contribution in [1.82, 2.24) is 0 Å². The van der Waals surface area contributed by atoms with Crippen LogP contribution >= 0.6 is 0 Å². The molecule has 4 aliphatic carbocycles. The molecule has 6 rings (SSSR count). The van der Waals surface area contributed by atoms with E-state index in [1.807, 2.05) is 6.92 Å². The molecule has 3 saturated carbocycles. The van der Waals surface area contributed by atoms with Crippen LogP contribution in [0.4, 0.5) is 0 Å². The van der Waals surface area contributed by atoms with Crippen LogP contribution < -0.4 is 0 Å². The normalized spacial score (nSPS) is 57.9. The molecule has 2 heterocycles. The first-order valence-electron chi connectivity index (χ1n) is 13.3. The molecule has 2 aliphatic heterocycles. The van der Waals surface area contributed by atoms with E-state index in [4.69, 9.17) is 9.47 Å². The Morgan fingerprint density at radius 3 is 2.58 bits per heavy atom. The molecule has 0 aromatic carbocycles. The summed E-state index contributed by atoms with van der Waals surface area (Å²) >= 11 is 0. The molecule has 182 valence electrons. The van der Waals surface area contributed by atoms with Gasteiger partial charge in [-0.2, -0.15) is 0 Å². The number of carbonyl (C=O) groups is 2. The number of carbonyl (C=O) groups excluding carboxylic acids is 2. The predicted octanol–water partition coefficient (Wildman–Crippen LogP) is 4.32. The third-order valence-corrected chi connectivity index (χ3v) is 12.0. The number of ether oxygens (including phenoxy) is 2. The first kappa shape index (κ1) is 22.3. The van der Waals surface area contributed by atoms with Gasteiger partial charge in [-0.05, 0) is 98.5 Å². The molecule has 5 fully saturated rings. The maximum atomic E-state index is 13.3. The fourth-order valence-electron chi connectivity index (χ4n) is 9.78. The number of allylic oxidation sites excluding steroid dienone is 1. The Morgan fingerprint density at radius 2 is 1.85 bits per heavy atom. The number of cyclic esters (lactones) is 1. The Balaban J connectivity index is 1.27. The first-order valence-corrected chi connectivity index (χ1v) is 13.3. The monoisotopic (exact) mass is 456 g/mol. The van der Waals surface area contributed by atoms with E-state index in [2.05, 4.69) is 27.7 Å². The van der Waals surface area contributed by atoms with Gasteiger partial charge in [0.1, 0.15) is 17.8 Å². The van der Waals surface area contributed by atoms with Crippen LogP contribution in [0.2, 0.25) is 0 Å². The van der Waals surface area contributed by atoms with Crippen molar-refractivity contribution in [2.24, 2.45) is 52.3 Å². The number of rotatable bonds is 2. The van der Waals surface area contributed by atoms with Gasteiger partial charge in [0.15, 0.2) is 5.78 Å². The van der Waals surface area contributed by atoms with Crippen LogP contribution in [0.3, 0.4) is 0 Å². The van der Waals surface area contributed by atoms with E-state index >= 15 is 0 Å². The Morgan fingerprint density at radius 1 is 1.09 bits per heavy atom. The smallest absolute Gasteiger partial charge is 0.309 e. The van der Waals surface area contributed by atoms with E-state index in [9.17, 15) is 14.7 Å². The Bertz CT molecular complexity index is 912. The molecule has 6 aliphatic rings. The largest absolute Gasteiger partial charge is 0.462 e. The highest BCUT2D eigenvalue weighted by Crippen LogP contribution is 2.73. The van der Waals surface area contributed by atoms with Gasteiger partial charge in [0.25, 0.3) is 0 Å². The van der Waals surface area contributed by atoms with Gasteiger partial charge >= 0.3 is 5.97 Å². The van der Waals surface area contributed by atoms with Gasteiger partial charge in [-0.1, -0.05) is 27.7 Å². The van der Waals surface area contributed by atoms with E-state index in [1.54, 1.807) is 12.2 Å². The number of fused-ring (bicyclic) bond motifs is 4. The fourth-order valence-corrected chi connectivity index (χ4v) is 9.78. The first-order chi connectivity index (χ1) is 15.6. The van der Waals surface area contributed by atoms with Crippen LogP contribution in [0.5, 0.6) is 0 Å². The van der Waals surface area contributed by atoms with E-state index in [0.29, 0.717) is 29.6 Å². The summed E-state index contributed by atoms with van der Waals surface area (Å²) in [4.78, 5) is 25.8. The van der Waals surface area contributed by atoms with Crippen molar-refractivity contribution in [1.29, 1.82) is 0 Å². The summed E-state index contributed by atoms with van der Waals surface area (Å²) in [7, 11) is 0. The Kier molecular flexibility index (Phi) is 4.68. The molecule has 2 saturated heterocycles. The zero-order valence-corrected chi connectivity index (χ0v) is 20.8. The third kappa shape index (κ3) is 2.62. The van der Waals surface area contributed by atoms with Crippen molar-refractivity contribution in [3.05, 3.63) is 12.2 Å². The Hall–Kier alpha value is -1.20. The van der Waals surface area contributed by atoms with E-state index in [1.165, 1.54) is 12.8 Å². The second kappa shape index (κ2) is 6.94. The molecule has 0 radical (unpaired) electrons. The van der Waals surface area contributed by atoms with Gasteiger partial charge in [-0.3, -0.25) is 9.59 Å². The van der Waals surface area contributed by atoms with Gasteiger partial charge in [-0.25, -0.2) is 0 Å². The minimum Gasteiger partial charge on any atom is -0.462 e. The summed E-state index contributed by atoms with van der Waals surface area (Å²) in [5.74, 6) is 2.67. The van der Waals surface area contributed by atoms with Crippen LogP contribution in [0.25, 0.3) is 0 Å². The second-order valence-corrected chi connectivity index (χ2v) is 12.9. The zero-order valence-electron chi connectivity index (χ0n) is 20.8. The van der Waals surface area contributed by atoms with Crippen molar-refractivity contribution >= 4 is 11.8 Å². The second-order valence-electron chi connectivity index (χ2n) is 12.9. The molecule has 0 aromatic heterocycles. The highest BCUT2D eigenvalue weighted by Gasteiger charge is 2.80. The average molecular weight is 457 g/mol. The number of aliphatic hydroxyl groups is 1. The van der Waals surface area contributed by atoms with Gasteiger partial charge in [0.2, 0.25) is 0 Å². The van der Waals surface area contributed by atoms with Crippen LogP contribution in [-0.2, 0) is 19.1 Å². The van der Waals surface area contributed by atoms with Crippen molar-refractivity contribution in [2.45, 2.75) is 97.1 Å². The van der Waals surface area contributed by atoms with Crippen LogP contribution in [0.1, 0.15) is 73.1 Å². The lowest BCUT2D eigenvalue weighted by atomic mass is 9.44. The fraction of sp³-hybridized carbons (Fsp3) is 0.857. The molecular weight excluding hydrogens is 416 g/mol. The molecular formula is C28H40O5. The van der Waals surface area contributed by atoms with Crippen molar-refractivity contribution in [2.75, 3.05) is 0 Å². The number of esters is 1. The van der Waals surface area contributed by atoms with Crippen LogP contribution in [0.15, 0.2) is 12.2 Å². The number of ketones is 1. The van der Waals surface area contributed by atoms with E-state index < -0.39 is 17.1 Å². The van der Waals surface area contributed by atoms with Gasteiger partial charge in [0.05, 0.1) is 17.4 Å². The standard InChI is InChI=1S/C28H40O5/c1-14-12-21(32-25(31)15(14)2)16(3)18-6-7-19-17-13-24-28(33-24)23(30)9-8-22(29)27(28,5)20(17)10-11-26(18,19)4/h8-9,14-21,23-24,30H,6-7,10-13H2,1-5H3/t14-,15?,16-,17-,18+,19-,20-,21+,23-,24+,26+,27-,28+/m0/s1. The highest BCUT2D eigenvalue weighted by atomic mass is 16.6. The summed E-state index contributed by atoms with van der Waals surface area (Å²) in [5, 5.41) is 10.8. The highest BCUT2D eigenvalue weighted by molar-refractivity contribution is 5.98. The van der Waals surface area contributed by atoms with Crippen LogP contribution in [0, 0.1) is 52.3 Å². The maximum Gasteiger partial charge on any atom is 0.309 e. The SMILES string of the molecule is CC1C(=O)O[C@@H]([C@@H](C)[C@H]2CC[C@H]3[C@@H]4C[C@H]5O[C@]56[C@@H](O)C=CC(=O)[C@]6(C)[C@H]4CC[C@]23C)C[C@@H]1C. The molecule has 5 nitrogen and oxygen atoms in total. The topological polar surface area (TPSA) is 76.1 Å². The molecule has 1 N–H and O–H groups in total. The Labute approximate surface area is 197 Å². The van der Waals surface area contributed by atoms with E-state index in [-0.39, 0.29) is 41.2 Å². The minimum absolute atomic E-state index is 0.00461. The van der Waals surface area contributed by atoms with E-state index in [0.717, 1.165) is 25.7 Å². The molecule has 13 atom stereocenters. The van der Waals surface area contributed by atoms with Gasteiger partial charge in [0, 0.05) is 0 Å². The van der Waals surface area contributed by atoms with Crippen molar-refractivity contribution < 1.29 is 24.2 Å². The molecule has 5 heteroatoms.